The van der Waals surface area contributed by atoms with Gasteiger partial charge in [0.15, 0.2) is 0 Å². The van der Waals surface area contributed by atoms with E-state index in [4.69, 9.17) is 4.74 Å². The SMILES string of the molecule is O=C1CN(C2CCNCC2)CCCO1. The number of nitrogens with one attached hydrogen (secondary N) is 1. The molecule has 80 valence electrons. The maximum atomic E-state index is 11.3. The highest BCUT2D eigenvalue weighted by Gasteiger charge is 2.24. The Morgan fingerprint density at radius 3 is 2.93 bits per heavy atom. The van der Waals surface area contributed by atoms with Crippen molar-refractivity contribution in [2.45, 2.75) is 25.3 Å². The summed E-state index contributed by atoms with van der Waals surface area (Å²) >= 11 is 0. The highest BCUT2D eigenvalue weighted by Crippen LogP contribution is 2.13. The molecule has 2 aliphatic rings. The molecule has 0 aromatic rings. The molecule has 0 radical (unpaired) electrons. The summed E-state index contributed by atoms with van der Waals surface area (Å²) in [6.07, 6.45) is 3.30. The Balaban J connectivity index is 1.90. The molecule has 0 atom stereocenters. The zero-order valence-corrected chi connectivity index (χ0v) is 8.50. The standard InChI is InChI=1S/C10H18N2O2/c13-10-8-12(6-1-7-14-10)9-2-4-11-5-3-9/h9,11H,1-8H2. The second kappa shape index (κ2) is 4.75. The monoisotopic (exact) mass is 198 g/mol. The van der Waals surface area contributed by atoms with E-state index in [9.17, 15) is 4.79 Å². The predicted molar refractivity (Wildman–Crippen MR) is 53.0 cm³/mol. The van der Waals surface area contributed by atoms with E-state index < -0.39 is 0 Å². The number of piperidine rings is 1. The van der Waals surface area contributed by atoms with Crippen molar-refractivity contribution in [1.29, 1.82) is 0 Å². The molecule has 1 N–H and O–H groups in total. The summed E-state index contributed by atoms with van der Waals surface area (Å²) < 4.78 is 5.03. The second-order valence-electron chi connectivity index (χ2n) is 4.03. The molecule has 4 heteroatoms. The van der Waals surface area contributed by atoms with Crippen LogP contribution >= 0.6 is 0 Å². The number of rotatable bonds is 1. The Hall–Kier alpha value is -0.610. The Morgan fingerprint density at radius 1 is 1.36 bits per heavy atom. The lowest BCUT2D eigenvalue weighted by molar-refractivity contribution is -0.143. The van der Waals surface area contributed by atoms with E-state index >= 15 is 0 Å². The van der Waals surface area contributed by atoms with Gasteiger partial charge in [-0.05, 0) is 32.4 Å². The van der Waals surface area contributed by atoms with Crippen molar-refractivity contribution >= 4 is 5.97 Å². The highest BCUT2D eigenvalue weighted by atomic mass is 16.5. The lowest BCUT2D eigenvalue weighted by Crippen LogP contribution is -2.44. The minimum absolute atomic E-state index is 0.0546. The van der Waals surface area contributed by atoms with E-state index in [0.717, 1.165) is 38.9 Å². The van der Waals surface area contributed by atoms with Gasteiger partial charge in [0, 0.05) is 12.6 Å². The van der Waals surface area contributed by atoms with Crippen LogP contribution in [-0.4, -0.2) is 49.7 Å². The van der Waals surface area contributed by atoms with Gasteiger partial charge >= 0.3 is 5.97 Å². The number of cyclic esters (lactones) is 1. The molecule has 14 heavy (non-hydrogen) atoms. The first kappa shape index (κ1) is 9.93. The lowest BCUT2D eigenvalue weighted by atomic mass is 10.0. The molecule has 0 bridgehead atoms. The Labute approximate surface area is 84.6 Å². The molecule has 2 saturated heterocycles. The van der Waals surface area contributed by atoms with E-state index in [1.807, 2.05) is 0 Å². The molecule has 0 spiro atoms. The van der Waals surface area contributed by atoms with Gasteiger partial charge in [0.2, 0.25) is 0 Å². The van der Waals surface area contributed by atoms with Crippen molar-refractivity contribution in [3.63, 3.8) is 0 Å². The van der Waals surface area contributed by atoms with E-state index in [-0.39, 0.29) is 5.97 Å². The largest absolute Gasteiger partial charge is 0.465 e. The zero-order chi connectivity index (χ0) is 9.80. The number of hydrogen-bond acceptors (Lipinski definition) is 4. The average Bonchev–Trinajstić information content (AvgIpc) is 2.44. The Kier molecular flexibility index (Phi) is 3.37. The first-order valence-electron chi connectivity index (χ1n) is 5.46. The van der Waals surface area contributed by atoms with Crippen LogP contribution in [0.25, 0.3) is 0 Å². The summed E-state index contributed by atoms with van der Waals surface area (Å²) in [7, 11) is 0. The highest BCUT2D eigenvalue weighted by molar-refractivity contribution is 5.71. The van der Waals surface area contributed by atoms with Crippen molar-refractivity contribution in [3.8, 4) is 0 Å². The fourth-order valence-electron chi connectivity index (χ4n) is 2.23. The van der Waals surface area contributed by atoms with Gasteiger partial charge < -0.3 is 10.1 Å². The van der Waals surface area contributed by atoms with E-state index in [0.29, 0.717) is 19.2 Å². The van der Waals surface area contributed by atoms with Gasteiger partial charge in [0.25, 0.3) is 0 Å². The van der Waals surface area contributed by atoms with Gasteiger partial charge in [0.1, 0.15) is 0 Å². The van der Waals surface area contributed by atoms with Crippen molar-refractivity contribution in [3.05, 3.63) is 0 Å². The smallest absolute Gasteiger partial charge is 0.320 e. The number of carbonyl (C=O) groups is 1. The fourth-order valence-corrected chi connectivity index (χ4v) is 2.23. The van der Waals surface area contributed by atoms with Crippen molar-refractivity contribution < 1.29 is 9.53 Å². The minimum atomic E-state index is -0.0546. The summed E-state index contributed by atoms with van der Waals surface area (Å²) in [5.41, 5.74) is 0. The van der Waals surface area contributed by atoms with Crippen LogP contribution in [0, 0.1) is 0 Å². The summed E-state index contributed by atoms with van der Waals surface area (Å²) in [4.78, 5) is 13.5. The Morgan fingerprint density at radius 2 is 2.14 bits per heavy atom. The summed E-state index contributed by atoms with van der Waals surface area (Å²) in [5, 5.41) is 3.34. The lowest BCUT2D eigenvalue weighted by Gasteiger charge is -2.32. The fraction of sp³-hybridized carbons (Fsp3) is 0.900. The normalized spacial score (nSPS) is 27.0. The van der Waals surface area contributed by atoms with Gasteiger partial charge in [0.05, 0.1) is 13.2 Å². The molecule has 2 aliphatic heterocycles. The predicted octanol–water partition coefficient (Wildman–Crippen LogP) is -0.0127. The zero-order valence-electron chi connectivity index (χ0n) is 8.50. The minimum Gasteiger partial charge on any atom is -0.465 e. The molecule has 0 aromatic heterocycles. The van der Waals surface area contributed by atoms with E-state index in [1.165, 1.54) is 0 Å². The van der Waals surface area contributed by atoms with Gasteiger partial charge in [-0.2, -0.15) is 0 Å². The van der Waals surface area contributed by atoms with Crippen molar-refractivity contribution in [2.24, 2.45) is 0 Å². The van der Waals surface area contributed by atoms with Crippen LogP contribution in [0.5, 0.6) is 0 Å². The molecular formula is C10H18N2O2. The molecule has 2 heterocycles. The van der Waals surface area contributed by atoms with Crippen molar-refractivity contribution in [1.82, 2.24) is 10.2 Å². The third kappa shape index (κ3) is 2.45. The third-order valence-corrected chi connectivity index (χ3v) is 3.01. The van der Waals surface area contributed by atoms with Crippen LogP contribution < -0.4 is 5.32 Å². The first-order valence-corrected chi connectivity index (χ1v) is 5.46. The van der Waals surface area contributed by atoms with Gasteiger partial charge in [-0.25, -0.2) is 0 Å². The maximum Gasteiger partial charge on any atom is 0.320 e. The first-order chi connectivity index (χ1) is 6.86. The molecule has 0 amide bonds. The molecular weight excluding hydrogens is 180 g/mol. The van der Waals surface area contributed by atoms with Crippen LogP contribution in [0.15, 0.2) is 0 Å². The molecule has 0 unspecified atom stereocenters. The van der Waals surface area contributed by atoms with Crippen LogP contribution in [0.1, 0.15) is 19.3 Å². The number of carbonyl (C=O) groups excluding carboxylic acids is 1. The van der Waals surface area contributed by atoms with Gasteiger partial charge in [-0.3, -0.25) is 9.69 Å². The number of ether oxygens (including phenoxy) is 1. The molecule has 4 nitrogen and oxygen atoms in total. The van der Waals surface area contributed by atoms with Crippen molar-refractivity contribution in [2.75, 3.05) is 32.8 Å². The van der Waals surface area contributed by atoms with Gasteiger partial charge in [-0.15, -0.1) is 0 Å². The van der Waals surface area contributed by atoms with Crippen LogP contribution in [0.4, 0.5) is 0 Å². The van der Waals surface area contributed by atoms with Crippen LogP contribution in [-0.2, 0) is 9.53 Å². The maximum absolute atomic E-state index is 11.3. The quantitative estimate of drug-likeness (QED) is 0.602. The molecule has 0 saturated carbocycles. The van der Waals surface area contributed by atoms with E-state index in [2.05, 4.69) is 10.2 Å². The molecule has 0 aliphatic carbocycles. The molecule has 2 fully saturated rings. The number of esters is 1. The van der Waals surface area contributed by atoms with E-state index in [1.54, 1.807) is 0 Å². The summed E-state index contributed by atoms with van der Waals surface area (Å²) in [6, 6.07) is 0.585. The summed E-state index contributed by atoms with van der Waals surface area (Å²) in [5.74, 6) is -0.0546. The number of hydrogen-bond donors (Lipinski definition) is 1. The topological polar surface area (TPSA) is 41.6 Å². The van der Waals surface area contributed by atoms with Crippen LogP contribution in [0.2, 0.25) is 0 Å². The molecule has 2 rings (SSSR count). The van der Waals surface area contributed by atoms with Crippen LogP contribution in [0.3, 0.4) is 0 Å². The molecule has 0 aromatic carbocycles. The number of nitrogens with zero attached hydrogens (tertiary/aromatic N) is 1. The Bertz CT molecular complexity index is 202. The second-order valence-corrected chi connectivity index (χ2v) is 4.03. The van der Waals surface area contributed by atoms with Gasteiger partial charge in [-0.1, -0.05) is 0 Å². The average molecular weight is 198 g/mol. The summed E-state index contributed by atoms with van der Waals surface area (Å²) in [6.45, 7) is 4.26. The third-order valence-electron chi connectivity index (χ3n) is 3.01.